The Morgan fingerprint density at radius 3 is 2.34 bits per heavy atom. The van der Waals surface area contributed by atoms with E-state index >= 15 is 0 Å². The van der Waals surface area contributed by atoms with Gasteiger partial charge in [0.05, 0.1) is 28.2 Å². The number of fused-ring (bicyclic) bond motifs is 3. The van der Waals surface area contributed by atoms with Crippen LogP contribution in [0.5, 0.6) is 11.5 Å². The molecule has 13 nitrogen and oxygen atoms in total. The summed E-state index contributed by atoms with van der Waals surface area (Å²) in [4.78, 5) is 26.0. The molecular formula is C41H51Cl2NO12SSi. The van der Waals surface area contributed by atoms with Gasteiger partial charge in [0.2, 0.25) is 5.91 Å². The number of methoxy groups -OCH3 is 2. The fourth-order valence-electron chi connectivity index (χ4n) is 6.79. The molecule has 58 heavy (non-hydrogen) atoms. The van der Waals surface area contributed by atoms with Crippen LogP contribution in [0.1, 0.15) is 74.1 Å². The summed E-state index contributed by atoms with van der Waals surface area (Å²) in [5, 5.41) is 25.1. The molecule has 2 aliphatic carbocycles. The lowest BCUT2D eigenvalue weighted by molar-refractivity contribution is -0.150. The summed E-state index contributed by atoms with van der Waals surface area (Å²) < 4.78 is 62.2. The van der Waals surface area contributed by atoms with Gasteiger partial charge in [-0.3, -0.25) is 8.98 Å². The second-order valence-electron chi connectivity index (χ2n) is 16.1. The zero-order valence-corrected chi connectivity index (χ0v) is 37.3. The van der Waals surface area contributed by atoms with Gasteiger partial charge in [-0.1, -0.05) is 73.8 Å². The van der Waals surface area contributed by atoms with Crippen LogP contribution in [0.2, 0.25) is 28.2 Å². The third kappa shape index (κ3) is 9.58. The molecule has 0 saturated carbocycles. The Kier molecular flexibility index (Phi) is 13.8. The van der Waals surface area contributed by atoms with Gasteiger partial charge in [-0.25, -0.2) is 4.79 Å². The first-order valence-corrected chi connectivity index (χ1v) is 23.6. The number of amides is 1. The van der Waals surface area contributed by atoms with E-state index in [1.54, 1.807) is 30.3 Å². The second-order valence-corrected chi connectivity index (χ2v) is 23.2. The Morgan fingerprint density at radius 1 is 1.07 bits per heavy atom. The number of hydrogen-bond donors (Lipinski definition) is 3. The summed E-state index contributed by atoms with van der Waals surface area (Å²) in [5.41, 5.74) is 0.883. The van der Waals surface area contributed by atoms with Crippen LogP contribution < -0.4 is 10.1 Å². The fraction of sp³-hybridized carbons (Fsp3) is 0.463. The lowest BCUT2D eigenvalue weighted by Gasteiger charge is -2.39. The van der Waals surface area contributed by atoms with Crippen LogP contribution in [0.25, 0.3) is 5.57 Å². The van der Waals surface area contributed by atoms with Gasteiger partial charge in [-0.15, -0.1) is 0 Å². The highest BCUT2D eigenvalue weighted by atomic mass is 35.5. The Bertz CT molecular complexity index is 2170. The highest BCUT2D eigenvalue weighted by molar-refractivity contribution is 7.86. The molecule has 0 fully saturated rings. The molecule has 1 unspecified atom stereocenters. The van der Waals surface area contributed by atoms with E-state index < -0.39 is 60.3 Å². The summed E-state index contributed by atoms with van der Waals surface area (Å²) >= 11 is 13.5. The summed E-state index contributed by atoms with van der Waals surface area (Å²) in [5.74, 6) is -1.44. The lowest BCUT2D eigenvalue weighted by Crippen LogP contribution is -2.44. The Hall–Kier alpha value is -3.51. The summed E-state index contributed by atoms with van der Waals surface area (Å²) in [6.45, 7) is 12.9. The average molecular weight is 881 g/mol. The van der Waals surface area contributed by atoms with Crippen molar-refractivity contribution >= 4 is 59.1 Å². The van der Waals surface area contributed by atoms with E-state index in [4.69, 9.17) is 50.8 Å². The molecule has 1 amide bonds. The molecule has 5 rings (SSSR count). The number of aryl methyl sites for hydroxylation is 1. The predicted molar refractivity (Wildman–Crippen MR) is 221 cm³/mol. The molecule has 3 aromatic rings. The molecule has 0 aliphatic heterocycles. The number of aromatic hydroxyl groups is 1. The molecule has 316 valence electrons. The van der Waals surface area contributed by atoms with E-state index in [1.807, 2.05) is 20.0 Å². The first-order chi connectivity index (χ1) is 27.0. The van der Waals surface area contributed by atoms with Gasteiger partial charge in [0.25, 0.3) is 10.1 Å². The highest BCUT2D eigenvalue weighted by Gasteiger charge is 2.57. The van der Waals surface area contributed by atoms with E-state index in [0.717, 1.165) is 5.56 Å². The van der Waals surface area contributed by atoms with Crippen molar-refractivity contribution in [1.82, 2.24) is 5.32 Å². The Labute approximate surface area is 350 Å². The maximum Gasteiger partial charge on any atom is 0.329 e. The van der Waals surface area contributed by atoms with Crippen LogP contribution in [0.4, 0.5) is 0 Å². The molecule has 17 heteroatoms. The molecule has 0 aromatic heterocycles. The Morgan fingerprint density at radius 2 is 1.74 bits per heavy atom. The van der Waals surface area contributed by atoms with Crippen molar-refractivity contribution in [3.8, 4) is 11.5 Å². The predicted octanol–water partition coefficient (Wildman–Crippen LogP) is 7.34. The van der Waals surface area contributed by atoms with Gasteiger partial charge >= 0.3 is 5.97 Å². The van der Waals surface area contributed by atoms with Crippen molar-refractivity contribution in [3.63, 3.8) is 0 Å². The summed E-state index contributed by atoms with van der Waals surface area (Å²) in [6.07, 6.45) is -1.43. The van der Waals surface area contributed by atoms with Gasteiger partial charge in [0, 0.05) is 38.0 Å². The molecule has 0 heterocycles. The smallest absolute Gasteiger partial charge is 0.329 e. The summed E-state index contributed by atoms with van der Waals surface area (Å²) in [7, 11) is -4.20. The number of hydrogen-bond acceptors (Lipinski definition) is 12. The highest BCUT2D eigenvalue weighted by Crippen LogP contribution is 2.59. The number of ether oxygens (including phenoxy) is 4. The molecule has 0 saturated heterocycles. The number of phenolic OH excluding ortho intramolecular Hbond substituents is 1. The maximum atomic E-state index is 13.8. The van der Waals surface area contributed by atoms with Crippen molar-refractivity contribution in [2.45, 2.75) is 100 Å². The van der Waals surface area contributed by atoms with Crippen molar-refractivity contribution in [3.05, 3.63) is 92.5 Å². The van der Waals surface area contributed by atoms with Gasteiger partial charge in [0.15, 0.2) is 19.8 Å². The number of phenols is 1. The van der Waals surface area contributed by atoms with E-state index in [9.17, 15) is 28.2 Å². The molecule has 0 spiro atoms. The minimum absolute atomic E-state index is 0.000350. The van der Waals surface area contributed by atoms with Crippen LogP contribution in [0.3, 0.4) is 0 Å². The monoisotopic (exact) mass is 879 g/mol. The minimum atomic E-state index is -4.39. The van der Waals surface area contributed by atoms with Crippen molar-refractivity contribution < 1.29 is 55.8 Å². The van der Waals surface area contributed by atoms with Gasteiger partial charge in [0.1, 0.15) is 37.3 Å². The number of carbonyl (C=O) groups is 2. The number of carbonyl (C=O) groups excluding carboxylic acids is 2. The largest absolute Gasteiger partial charge is 0.503 e. The van der Waals surface area contributed by atoms with E-state index in [-0.39, 0.29) is 57.7 Å². The van der Waals surface area contributed by atoms with Gasteiger partial charge < -0.3 is 38.9 Å². The first-order valence-electron chi connectivity index (χ1n) is 18.6. The maximum absolute atomic E-state index is 13.8. The third-order valence-electron chi connectivity index (χ3n) is 10.8. The van der Waals surface area contributed by atoms with Crippen LogP contribution >= 0.6 is 23.2 Å². The zero-order chi connectivity index (χ0) is 43.0. The zero-order valence-electron chi connectivity index (χ0n) is 34.0. The molecular weight excluding hydrogens is 830 g/mol. The average Bonchev–Trinajstić information content (AvgIpc) is 3.58. The first kappa shape index (κ1) is 45.6. The van der Waals surface area contributed by atoms with E-state index in [1.165, 1.54) is 45.4 Å². The summed E-state index contributed by atoms with van der Waals surface area (Å²) in [6, 6.07) is 11.3. The SMILES string of the molecule is COCO[C@H]1C=C2c3c(ccc(C(COC(=O)[C@H](Cc4cc(Cl)c(O)c(OC)c4)NC(C)=O)O[Si](C)(C)C(C)(C)C)c3Cl)[C@H](OS(=O)(=O)c3ccc(C)cc3)[C@@]2(O)C1. The van der Waals surface area contributed by atoms with Gasteiger partial charge in [-0.05, 0) is 72.1 Å². The second kappa shape index (κ2) is 17.6. The number of halogens is 2. The van der Waals surface area contributed by atoms with Crippen molar-refractivity contribution in [2.24, 2.45) is 0 Å². The Balaban J connectivity index is 1.55. The molecule has 0 radical (unpaired) electrons. The number of esters is 1. The third-order valence-corrected chi connectivity index (χ3v) is 17.3. The van der Waals surface area contributed by atoms with Crippen molar-refractivity contribution in [2.75, 3.05) is 27.6 Å². The number of aliphatic hydroxyl groups is 1. The topological polar surface area (TPSA) is 176 Å². The normalized spacial score (nSPS) is 20.2. The van der Waals surface area contributed by atoms with E-state index in [2.05, 4.69) is 26.1 Å². The van der Waals surface area contributed by atoms with Crippen LogP contribution in [-0.4, -0.2) is 84.2 Å². The fourth-order valence-corrected chi connectivity index (χ4v) is 9.78. The van der Waals surface area contributed by atoms with E-state index in [0.29, 0.717) is 27.8 Å². The van der Waals surface area contributed by atoms with Gasteiger partial charge in [-0.2, -0.15) is 8.42 Å². The molecule has 5 atom stereocenters. The number of nitrogens with one attached hydrogen (secondary N) is 1. The van der Waals surface area contributed by atoms with Crippen LogP contribution in [0, 0.1) is 6.92 Å². The van der Waals surface area contributed by atoms with Crippen LogP contribution in [-0.2, 0) is 48.9 Å². The molecule has 3 N–H and O–H groups in total. The minimum Gasteiger partial charge on any atom is -0.503 e. The molecule has 3 aromatic carbocycles. The van der Waals surface area contributed by atoms with Crippen molar-refractivity contribution in [1.29, 1.82) is 0 Å². The quantitative estimate of drug-likeness (QED) is 0.0566. The number of rotatable bonds is 16. The lowest BCUT2D eigenvalue weighted by atomic mass is 9.94. The number of benzene rings is 3. The standard InChI is InChI=1S/C41H51Cl2NO12SSi/c1-23-10-12-27(13-11-23)57(49,50)55-38-29-15-14-28(36(43)35(29)30-19-26(54-22-51-6)20-41(30,38)48)34(56-58(8,9)40(3,4)5)21-53-39(47)32(44-24(2)45)17-25-16-31(42)37(46)33(18-25)52-7/h10-16,18-19,26,32,34,38,46,48H,17,20-22H2,1-9H3,(H,44,45)/t26-,32-,34?,38-,41+/m0/s1. The van der Waals surface area contributed by atoms with Crippen LogP contribution in [0.15, 0.2) is 59.5 Å². The molecule has 0 bridgehead atoms. The molecule has 2 aliphatic rings.